The van der Waals surface area contributed by atoms with Gasteiger partial charge in [0.2, 0.25) is 11.8 Å². The van der Waals surface area contributed by atoms with Crippen LogP contribution in [-0.2, 0) is 26.2 Å². The quantitative estimate of drug-likeness (QED) is 0.366. The zero-order valence-corrected chi connectivity index (χ0v) is 23.7. The molecule has 208 valence electrons. The molecule has 39 heavy (non-hydrogen) atoms. The number of rotatable bonds is 12. The van der Waals surface area contributed by atoms with E-state index in [9.17, 15) is 18.0 Å². The number of nitrogens with zero attached hydrogens (tertiary/aromatic N) is 2. The maximum atomic E-state index is 14.0. The summed E-state index contributed by atoms with van der Waals surface area (Å²) < 4.78 is 39.6. The van der Waals surface area contributed by atoms with E-state index in [1.54, 1.807) is 24.3 Å². The van der Waals surface area contributed by atoms with Crippen LogP contribution in [0.25, 0.3) is 0 Å². The Bertz CT molecular complexity index is 1390. The third kappa shape index (κ3) is 6.88. The second-order valence-corrected chi connectivity index (χ2v) is 10.8. The van der Waals surface area contributed by atoms with Crippen molar-refractivity contribution in [2.24, 2.45) is 0 Å². The fourth-order valence-electron chi connectivity index (χ4n) is 4.32. The Morgan fingerprint density at radius 3 is 2.23 bits per heavy atom. The molecular formula is C29H35N3O6S. The fraction of sp³-hybridized carbons (Fsp3) is 0.310. The number of benzene rings is 3. The number of hydrogen-bond donors (Lipinski definition) is 1. The second-order valence-electron chi connectivity index (χ2n) is 8.91. The number of hydrogen-bond acceptors (Lipinski definition) is 6. The summed E-state index contributed by atoms with van der Waals surface area (Å²) in [5.41, 5.74) is 2.03. The van der Waals surface area contributed by atoms with E-state index in [4.69, 9.17) is 9.47 Å². The molecule has 1 atom stereocenters. The molecule has 2 amide bonds. The van der Waals surface area contributed by atoms with Crippen molar-refractivity contribution in [2.75, 3.05) is 32.1 Å². The molecule has 0 radical (unpaired) electrons. The lowest BCUT2D eigenvalue weighted by Crippen LogP contribution is -2.51. The van der Waals surface area contributed by atoms with Gasteiger partial charge in [0.25, 0.3) is 10.0 Å². The minimum Gasteiger partial charge on any atom is -0.497 e. The van der Waals surface area contributed by atoms with Crippen molar-refractivity contribution in [3.63, 3.8) is 0 Å². The summed E-state index contributed by atoms with van der Waals surface area (Å²) in [7, 11) is 0.202. The van der Waals surface area contributed by atoms with Gasteiger partial charge in [-0.25, -0.2) is 8.42 Å². The van der Waals surface area contributed by atoms with Crippen LogP contribution in [0.3, 0.4) is 0 Å². The Balaban J connectivity index is 2.10. The Labute approximate surface area is 230 Å². The minimum absolute atomic E-state index is 0.0226. The van der Waals surface area contributed by atoms with Crippen molar-refractivity contribution in [1.29, 1.82) is 0 Å². The van der Waals surface area contributed by atoms with Gasteiger partial charge in [-0.3, -0.25) is 13.9 Å². The second kappa shape index (κ2) is 13.1. The van der Waals surface area contributed by atoms with Gasteiger partial charge in [-0.05, 0) is 55.3 Å². The van der Waals surface area contributed by atoms with Crippen LogP contribution in [0, 0.1) is 6.92 Å². The average molecular weight is 554 g/mol. The highest BCUT2D eigenvalue weighted by Gasteiger charge is 2.34. The van der Waals surface area contributed by atoms with E-state index in [1.165, 1.54) is 50.4 Å². The monoisotopic (exact) mass is 553 g/mol. The molecule has 0 saturated carbocycles. The van der Waals surface area contributed by atoms with E-state index in [2.05, 4.69) is 5.32 Å². The first-order valence-electron chi connectivity index (χ1n) is 12.5. The molecule has 0 saturated heterocycles. The van der Waals surface area contributed by atoms with Crippen molar-refractivity contribution in [2.45, 2.75) is 37.8 Å². The molecule has 9 nitrogen and oxygen atoms in total. The van der Waals surface area contributed by atoms with E-state index >= 15 is 0 Å². The van der Waals surface area contributed by atoms with E-state index in [0.717, 1.165) is 15.4 Å². The highest BCUT2D eigenvalue weighted by Crippen LogP contribution is 2.33. The van der Waals surface area contributed by atoms with Crippen LogP contribution in [0.1, 0.15) is 24.5 Å². The molecule has 0 spiro atoms. The molecule has 3 aromatic rings. The van der Waals surface area contributed by atoms with Gasteiger partial charge in [-0.1, -0.05) is 48.9 Å². The van der Waals surface area contributed by atoms with Gasteiger partial charge >= 0.3 is 0 Å². The molecule has 0 heterocycles. The normalized spacial score (nSPS) is 11.8. The lowest BCUT2D eigenvalue weighted by atomic mass is 10.1. The summed E-state index contributed by atoms with van der Waals surface area (Å²) in [4.78, 5) is 28.2. The van der Waals surface area contributed by atoms with Crippen molar-refractivity contribution in [1.82, 2.24) is 10.2 Å². The smallest absolute Gasteiger partial charge is 0.264 e. The number of carbonyl (C=O) groups is 2. The standard InChI is InChI=1S/C29H35N3O6S/c1-6-25(29(34)30-3)31(19-22-11-9-10-21(2)18-22)28(33)20-32(26-12-7-8-13-27(26)38-5)39(35,36)24-16-14-23(37-4)15-17-24/h7-18,25H,6,19-20H2,1-5H3,(H,30,34)/t25-/m1/s1. The highest BCUT2D eigenvalue weighted by molar-refractivity contribution is 7.92. The molecule has 3 rings (SSSR count). The lowest BCUT2D eigenvalue weighted by molar-refractivity contribution is -0.140. The fourth-order valence-corrected chi connectivity index (χ4v) is 5.74. The van der Waals surface area contributed by atoms with Crippen LogP contribution < -0.4 is 19.1 Å². The number of aryl methyl sites for hydroxylation is 1. The molecule has 0 aliphatic heterocycles. The first kappa shape index (κ1) is 29.5. The number of amides is 2. The summed E-state index contributed by atoms with van der Waals surface area (Å²) in [6.45, 7) is 3.34. The predicted molar refractivity (Wildman–Crippen MR) is 150 cm³/mol. The molecule has 3 aromatic carbocycles. The van der Waals surface area contributed by atoms with E-state index in [0.29, 0.717) is 12.2 Å². The Morgan fingerprint density at radius 1 is 0.949 bits per heavy atom. The van der Waals surface area contributed by atoms with Gasteiger partial charge < -0.3 is 19.7 Å². The summed E-state index contributed by atoms with van der Waals surface area (Å²) in [5, 5.41) is 2.62. The highest BCUT2D eigenvalue weighted by atomic mass is 32.2. The molecule has 0 fully saturated rings. The van der Waals surface area contributed by atoms with E-state index < -0.39 is 28.5 Å². The van der Waals surface area contributed by atoms with Crippen LogP contribution in [0.4, 0.5) is 5.69 Å². The molecule has 1 N–H and O–H groups in total. The minimum atomic E-state index is -4.23. The van der Waals surface area contributed by atoms with Gasteiger partial charge in [0.1, 0.15) is 24.1 Å². The van der Waals surface area contributed by atoms with E-state index in [-0.39, 0.29) is 28.8 Å². The predicted octanol–water partition coefficient (Wildman–Crippen LogP) is 3.76. The number of nitrogens with one attached hydrogen (secondary N) is 1. The molecule has 0 aliphatic carbocycles. The molecular weight excluding hydrogens is 518 g/mol. The van der Waals surface area contributed by atoms with Gasteiger partial charge in [-0.15, -0.1) is 0 Å². The van der Waals surface area contributed by atoms with Crippen LogP contribution in [0.15, 0.2) is 77.7 Å². The molecule has 0 unspecified atom stereocenters. The third-order valence-electron chi connectivity index (χ3n) is 6.35. The van der Waals surface area contributed by atoms with Gasteiger partial charge in [0, 0.05) is 13.6 Å². The molecule has 0 aromatic heterocycles. The first-order chi connectivity index (χ1) is 18.7. The van der Waals surface area contributed by atoms with Crippen LogP contribution >= 0.6 is 0 Å². The Morgan fingerprint density at radius 2 is 1.64 bits per heavy atom. The SMILES string of the molecule is CC[C@H](C(=O)NC)N(Cc1cccc(C)c1)C(=O)CN(c1ccccc1OC)S(=O)(=O)c1ccc(OC)cc1. The third-order valence-corrected chi connectivity index (χ3v) is 8.12. The summed E-state index contributed by atoms with van der Waals surface area (Å²) >= 11 is 0. The average Bonchev–Trinajstić information content (AvgIpc) is 2.95. The van der Waals surface area contributed by atoms with Crippen LogP contribution in [0.2, 0.25) is 0 Å². The Kier molecular flexibility index (Phi) is 9.95. The number of ether oxygens (including phenoxy) is 2. The summed E-state index contributed by atoms with van der Waals surface area (Å²) in [5.74, 6) is -0.0872. The maximum absolute atomic E-state index is 14.0. The maximum Gasteiger partial charge on any atom is 0.264 e. The topological polar surface area (TPSA) is 105 Å². The van der Waals surface area contributed by atoms with Crippen molar-refractivity contribution < 1.29 is 27.5 Å². The van der Waals surface area contributed by atoms with E-state index in [1.807, 2.05) is 38.1 Å². The number of sulfonamides is 1. The van der Waals surface area contributed by atoms with Gasteiger partial charge in [0.15, 0.2) is 0 Å². The molecule has 10 heteroatoms. The summed E-state index contributed by atoms with van der Waals surface area (Å²) in [6.07, 6.45) is 0.344. The number of para-hydroxylation sites is 2. The number of anilines is 1. The summed E-state index contributed by atoms with van der Waals surface area (Å²) in [6, 6.07) is 19.3. The van der Waals surface area contributed by atoms with Crippen molar-refractivity contribution in [3.8, 4) is 11.5 Å². The number of methoxy groups -OCH3 is 2. The van der Waals surface area contributed by atoms with Crippen molar-refractivity contribution >= 4 is 27.5 Å². The van der Waals surface area contributed by atoms with Crippen molar-refractivity contribution in [3.05, 3.63) is 83.9 Å². The first-order valence-corrected chi connectivity index (χ1v) is 14.0. The lowest BCUT2D eigenvalue weighted by Gasteiger charge is -2.33. The zero-order valence-electron chi connectivity index (χ0n) is 22.9. The molecule has 0 aliphatic rings. The zero-order chi connectivity index (χ0) is 28.6. The van der Waals surface area contributed by atoms with Gasteiger partial charge in [-0.2, -0.15) is 0 Å². The molecule has 0 bridgehead atoms. The number of likely N-dealkylation sites (N-methyl/N-ethyl adjacent to an activating group) is 1. The largest absolute Gasteiger partial charge is 0.497 e. The van der Waals surface area contributed by atoms with Crippen LogP contribution in [-0.4, -0.2) is 59.0 Å². The number of carbonyl (C=O) groups excluding carboxylic acids is 2. The van der Waals surface area contributed by atoms with Crippen LogP contribution in [0.5, 0.6) is 11.5 Å². The Hall–Kier alpha value is -4.05. The van der Waals surface area contributed by atoms with Gasteiger partial charge in [0.05, 0.1) is 24.8 Å².